The number of nitrogens with zero attached hydrogens (tertiary/aromatic N) is 3. The minimum atomic E-state index is -4.63. The molecule has 1 N–H and O–H groups in total. The molecule has 0 atom stereocenters. The van der Waals surface area contributed by atoms with Crippen molar-refractivity contribution in [1.29, 1.82) is 0 Å². The fraction of sp³-hybridized carbons (Fsp3) is 0.200. The van der Waals surface area contributed by atoms with Gasteiger partial charge in [0.2, 0.25) is 5.69 Å². The van der Waals surface area contributed by atoms with Crippen LogP contribution in [-0.2, 0) is 12.7 Å². The van der Waals surface area contributed by atoms with Crippen molar-refractivity contribution in [2.45, 2.75) is 12.7 Å². The van der Waals surface area contributed by atoms with Gasteiger partial charge in [0.25, 0.3) is 5.56 Å². The summed E-state index contributed by atoms with van der Waals surface area (Å²) in [6, 6.07) is 8.15. The zero-order valence-corrected chi connectivity index (χ0v) is 16.7. The van der Waals surface area contributed by atoms with Crippen molar-refractivity contribution in [3.05, 3.63) is 80.1 Å². The predicted molar refractivity (Wildman–Crippen MR) is 105 cm³/mol. The highest BCUT2D eigenvalue weighted by Crippen LogP contribution is 2.30. The number of rotatable bonds is 6. The molecule has 9 nitrogen and oxygen atoms in total. The number of carboxylic acids is 1. The normalized spacial score (nSPS) is 11.3. The van der Waals surface area contributed by atoms with Crippen molar-refractivity contribution in [3.63, 3.8) is 0 Å². The third-order valence-corrected chi connectivity index (χ3v) is 4.47. The zero-order chi connectivity index (χ0) is 23.6. The Morgan fingerprint density at radius 1 is 1.06 bits per heavy atom. The Bertz CT molecular complexity index is 1300. The van der Waals surface area contributed by atoms with Gasteiger partial charge in [0.05, 0.1) is 32.0 Å². The molecule has 1 heterocycles. The Balaban J connectivity index is 2.20. The molecule has 0 amide bonds. The van der Waals surface area contributed by atoms with Crippen LogP contribution in [0.25, 0.3) is 5.69 Å². The summed E-state index contributed by atoms with van der Waals surface area (Å²) in [4.78, 5) is 37.1. The van der Waals surface area contributed by atoms with E-state index in [0.717, 1.165) is 18.2 Å². The summed E-state index contributed by atoms with van der Waals surface area (Å²) in [5.41, 5.74) is -4.24. The fourth-order valence-electron chi connectivity index (χ4n) is 2.94. The highest BCUT2D eigenvalue weighted by atomic mass is 19.4. The fourth-order valence-corrected chi connectivity index (χ4v) is 2.94. The first kappa shape index (κ1) is 22.6. The molecule has 12 heteroatoms. The van der Waals surface area contributed by atoms with Gasteiger partial charge in [-0.05, 0) is 29.8 Å². The molecule has 0 saturated carbocycles. The molecule has 0 bridgehead atoms. The monoisotopic (exact) mass is 451 g/mol. The summed E-state index contributed by atoms with van der Waals surface area (Å²) < 4.78 is 50.4. The third kappa shape index (κ3) is 4.33. The second kappa shape index (κ2) is 8.57. The van der Waals surface area contributed by atoms with Crippen molar-refractivity contribution in [2.75, 3.05) is 14.2 Å². The van der Waals surface area contributed by atoms with Gasteiger partial charge >= 0.3 is 17.8 Å². The maximum Gasteiger partial charge on any atom is 0.416 e. The molecule has 0 spiro atoms. The van der Waals surface area contributed by atoms with Gasteiger partial charge in [-0.1, -0.05) is 12.1 Å². The Kier molecular flexibility index (Phi) is 6.05. The van der Waals surface area contributed by atoms with E-state index >= 15 is 0 Å². The number of carbonyl (C=O) groups is 1. The quantitative estimate of drug-likeness (QED) is 0.611. The minimum Gasteiger partial charge on any atom is -0.493 e. The lowest BCUT2D eigenvalue weighted by atomic mass is 10.1. The van der Waals surface area contributed by atoms with E-state index in [9.17, 15) is 32.7 Å². The average molecular weight is 451 g/mol. The summed E-state index contributed by atoms with van der Waals surface area (Å²) in [6.07, 6.45) is -4.63. The van der Waals surface area contributed by atoms with Gasteiger partial charge in [-0.25, -0.2) is 9.59 Å². The van der Waals surface area contributed by atoms with Crippen LogP contribution in [0, 0.1) is 0 Å². The smallest absolute Gasteiger partial charge is 0.416 e. The molecule has 0 unspecified atom stereocenters. The van der Waals surface area contributed by atoms with Gasteiger partial charge in [-0.15, -0.1) is 0 Å². The molecule has 2 aromatic carbocycles. The number of methoxy groups -OCH3 is 2. The average Bonchev–Trinajstić information content (AvgIpc) is 2.75. The first-order valence-corrected chi connectivity index (χ1v) is 8.92. The van der Waals surface area contributed by atoms with Crippen molar-refractivity contribution in [3.8, 4) is 17.2 Å². The Labute approximate surface area is 177 Å². The molecule has 0 radical (unpaired) electrons. The number of ether oxygens (including phenoxy) is 2. The molecule has 3 rings (SSSR count). The van der Waals surface area contributed by atoms with Gasteiger partial charge in [0.1, 0.15) is 0 Å². The number of hydrogen-bond donors (Lipinski definition) is 1. The molecule has 0 aliphatic heterocycles. The minimum absolute atomic E-state index is 0.0274. The Hall–Kier alpha value is -4.09. The summed E-state index contributed by atoms with van der Waals surface area (Å²) >= 11 is 0. The number of benzene rings is 2. The number of halogens is 3. The lowest BCUT2D eigenvalue weighted by Crippen LogP contribution is -2.44. The van der Waals surface area contributed by atoms with E-state index in [1.165, 1.54) is 38.5 Å². The topological polar surface area (TPSA) is 113 Å². The molecular weight excluding hydrogens is 435 g/mol. The van der Waals surface area contributed by atoms with Crippen molar-refractivity contribution in [2.24, 2.45) is 0 Å². The Morgan fingerprint density at radius 3 is 2.34 bits per heavy atom. The van der Waals surface area contributed by atoms with E-state index in [4.69, 9.17) is 9.47 Å². The third-order valence-electron chi connectivity index (χ3n) is 4.47. The van der Waals surface area contributed by atoms with Crippen LogP contribution in [0.4, 0.5) is 13.2 Å². The van der Waals surface area contributed by atoms with Gasteiger partial charge in [0, 0.05) is 6.07 Å². The SMILES string of the molecule is COc1ccc(-n2nc(C(=O)O)c(=O)n(Cc3cccc(C(F)(F)F)c3)c2=O)cc1OC. The number of aromatic carboxylic acids is 1. The van der Waals surface area contributed by atoms with E-state index in [-0.39, 0.29) is 17.0 Å². The Morgan fingerprint density at radius 2 is 1.75 bits per heavy atom. The number of aromatic nitrogens is 3. The van der Waals surface area contributed by atoms with Crippen molar-refractivity contribution >= 4 is 5.97 Å². The lowest BCUT2D eigenvalue weighted by molar-refractivity contribution is -0.137. The first-order valence-electron chi connectivity index (χ1n) is 8.92. The molecule has 0 aliphatic carbocycles. The second-order valence-corrected chi connectivity index (χ2v) is 6.48. The number of alkyl halides is 3. The van der Waals surface area contributed by atoms with Crippen LogP contribution in [0.3, 0.4) is 0 Å². The highest BCUT2D eigenvalue weighted by molar-refractivity contribution is 5.84. The predicted octanol–water partition coefficient (Wildman–Crippen LogP) is 2.18. The van der Waals surface area contributed by atoms with Crippen LogP contribution in [0.15, 0.2) is 52.1 Å². The molecular formula is C20H16F3N3O6. The molecule has 168 valence electrons. The summed E-state index contributed by atoms with van der Waals surface area (Å²) in [5, 5.41) is 13.0. The van der Waals surface area contributed by atoms with Crippen LogP contribution in [0.5, 0.6) is 11.5 Å². The van der Waals surface area contributed by atoms with Gasteiger partial charge in [-0.2, -0.15) is 23.0 Å². The van der Waals surface area contributed by atoms with Gasteiger partial charge < -0.3 is 14.6 Å². The second-order valence-electron chi connectivity index (χ2n) is 6.48. The van der Waals surface area contributed by atoms with E-state index in [2.05, 4.69) is 5.10 Å². The highest BCUT2D eigenvalue weighted by Gasteiger charge is 2.30. The largest absolute Gasteiger partial charge is 0.493 e. The molecule has 32 heavy (non-hydrogen) atoms. The molecule has 1 aromatic heterocycles. The molecule has 0 aliphatic rings. The number of carboxylic acid groups (broad SMARTS) is 1. The van der Waals surface area contributed by atoms with E-state index in [1.54, 1.807) is 0 Å². The zero-order valence-electron chi connectivity index (χ0n) is 16.7. The summed E-state index contributed by atoms with van der Waals surface area (Å²) in [7, 11) is 2.73. The van der Waals surface area contributed by atoms with Crippen LogP contribution in [0.2, 0.25) is 0 Å². The van der Waals surface area contributed by atoms with Gasteiger partial charge in [-0.3, -0.25) is 9.36 Å². The molecule has 3 aromatic rings. The van der Waals surface area contributed by atoms with E-state index in [0.29, 0.717) is 15.0 Å². The maximum absolute atomic E-state index is 13.0. The van der Waals surface area contributed by atoms with Crippen molar-refractivity contribution in [1.82, 2.24) is 14.3 Å². The van der Waals surface area contributed by atoms with E-state index < -0.39 is 41.2 Å². The maximum atomic E-state index is 13.0. The lowest BCUT2D eigenvalue weighted by Gasteiger charge is -2.14. The first-order chi connectivity index (χ1) is 15.1. The molecule has 0 fully saturated rings. The number of hydrogen-bond acceptors (Lipinski definition) is 6. The van der Waals surface area contributed by atoms with Crippen LogP contribution >= 0.6 is 0 Å². The molecule has 0 saturated heterocycles. The van der Waals surface area contributed by atoms with Crippen LogP contribution in [0.1, 0.15) is 21.6 Å². The summed E-state index contributed by atoms with van der Waals surface area (Å²) in [5.74, 6) is -1.19. The standard InChI is InChI=1S/C20H16F3N3O6/c1-31-14-7-6-13(9-15(14)32-2)26-19(30)25(17(27)16(24-26)18(28)29)10-11-4-3-5-12(8-11)20(21,22)23/h3-9H,10H2,1-2H3,(H,28,29). The van der Waals surface area contributed by atoms with Gasteiger partial charge in [0.15, 0.2) is 11.5 Å². The summed E-state index contributed by atoms with van der Waals surface area (Å²) in [6.45, 7) is -0.600. The van der Waals surface area contributed by atoms with Crippen LogP contribution < -0.4 is 20.7 Å². The van der Waals surface area contributed by atoms with E-state index in [1.807, 2.05) is 0 Å². The van der Waals surface area contributed by atoms with Crippen LogP contribution in [-0.4, -0.2) is 39.6 Å². The van der Waals surface area contributed by atoms with Crippen molar-refractivity contribution < 1.29 is 32.5 Å².